The topological polar surface area (TPSA) is 78.2 Å². The summed E-state index contributed by atoms with van der Waals surface area (Å²) < 4.78 is 46.2. The molecule has 1 amide bonds. The molecule has 7 nitrogen and oxygen atoms in total. The summed E-state index contributed by atoms with van der Waals surface area (Å²) in [6, 6.07) is -2.05. The molecule has 2 aromatic rings. The molecule has 0 aromatic carbocycles. The van der Waals surface area contributed by atoms with E-state index in [9.17, 15) is 22.8 Å². The summed E-state index contributed by atoms with van der Waals surface area (Å²) in [7, 11) is 0. The van der Waals surface area contributed by atoms with Crippen LogP contribution < -0.4 is 10.9 Å². The Kier molecular flexibility index (Phi) is 5.07. The van der Waals surface area contributed by atoms with Crippen molar-refractivity contribution in [3.05, 3.63) is 22.9 Å². The molecule has 0 aliphatic heterocycles. The summed E-state index contributed by atoms with van der Waals surface area (Å²) in [6.07, 6.45) is -3.10. The zero-order valence-electron chi connectivity index (χ0n) is 15.1. The van der Waals surface area contributed by atoms with Crippen LogP contribution in [0.1, 0.15) is 40.7 Å². The molecule has 1 unspecified atom stereocenters. The van der Waals surface area contributed by atoms with E-state index in [1.165, 1.54) is 6.20 Å². The van der Waals surface area contributed by atoms with Gasteiger partial charge in [-0.2, -0.15) is 13.2 Å². The number of nitrogens with zero attached hydrogens (tertiary/aromatic N) is 3. The van der Waals surface area contributed by atoms with Gasteiger partial charge in [-0.15, -0.1) is 0 Å². The molecule has 0 bridgehead atoms. The third-order valence-corrected chi connectivity index (χ3v) is 3.67. The third kappa shape index (κ3) is 4.00. The Hall–Kier alpha value is -2.52. The van der Waals surface area contributed by atoms with E-state index >= 15 is 0 Å². The molecule has 2 aromatic heterocycles. The number of aryl methyl sites for hydroxylation is 1. The van der Waals surface area contributed by atoms with Gasteiger partial charge in [-0.3, -0.25) is 14.7 Å². The number of aromatic nitrogens is 3. The Balaban J connectivity index is 2.57. The molecule has 1 atom stereocenters. The van der Waals surface area contributed by atoms with Crippen molar-refractivity contribution < 1.29 is 22.7 Å². The maximum Gasteiger partial charge on any atom is 0.412 e. The van der Waals surface area contributed by atoms with Crippen molar-refractivity contribution in [2.24, 2.45) is 0 Å². The predicted molar refractivity (Wildman–Crippen MR) is 90.3 cm³/mol. The first-order chi connectivity index (χ1) is 11.8. The molecule has 1 N–H and O–H groups in total. The Morgan fingerprint density at radius 3 is 2.46 bits per heavy atom. The zero-order chi connectivity index (χ0) is 19.9. The van der Waals surface area contributed by atoms with Gasteiger partial charge in [0.05, 0.1) is 5.69 Å². The molecular weight excluding hydrogens is 353 g/mol. The Labute approximate surface area is 147 Å². The summed E-state index contributed by atoms with van der Waals surface area (Å²) in [6.45, 7) is 8.07. The van der Waals surface area contributed by atoms with Crippen LogP contribution in [0, 0.1) is 0 Å². The van der Waals surface area contributed by atoms with Gasteiger partial charge in [0.25, 0.3) is 5.56 Å². The molecule has 0 aliphatic carbocycles. The summed E-state index contributed by atoms with van der Waals surface area (Å²) in [5.41, 5.74) is -1.42. The molecule has 0 aliphatic rings. The maximum absolute atomic E-state index is 13.0. The molecule has 2 heterocycles. The molecule has 144 valence electrons. The largest absolute Gasteiger partial charge is 0.444 e. The molecule has 2 rings (SSSR count). The van der Waals surface area contributed by atoms with Gasteiger partial charge in [-0.25, -0.2) is 9.78 Å². The van der Waals surface area contributed by atoms with Crippen LogP contribution >= 0.6 is 0 Å². The molecular formula is C16H21F3N4O3. The van der Waals surface area contributed by atoms with Crippen LogP contribution in [-0.2, 0) is 11.3 Å². The molecule has 0 saturated heterocycles. The minimum Gasteiger partial charge on any atom is -0.444 e. The van der Waals surface area contributed by atoms with Crippen LogP contribution in [-0.4, -0.2) is 32.0 Å². The summed E-state index contributed by atoms with van der Waals surface area (Å²) in [5.74, 6) is 0. The molecule has 0 spiro atoms. The number of amides is 1. The smallest absolute Gasteiger partial charge is 0.412 e. The number of ether oxygens (including phenoxy) is 1. The lowest BCUT2D eigenvalue weighted by atomic mass is 10.2. The Morgan fingerprint density at radius 1 is 1.35 bits per heavy atom. The molecule has 0 radical (unpaired) electrons. The van der Waals surface area contributed by atoms with Crippen molar-refractivity contribution in [1.82, 2.24) is 14.1 Å². The molecule has 26 heavy (non-hydrogen) atoms. The summed E-state index contributed by atoms with van der Waals surface area (Å²) >= 11 is 0. The Bertz CT molecular complexity index is 878. The average Bonchev–Trinajstić information content (AvgIpc) is 2.82. The lowest BCUT2D eigenvalue weighted by Gasteiger charge is -2.19. The van der Waals surface area contributed by atoms with Crippen LogP contribution in [0.3, 0.4) is 0 Å². The van der Waals surface area contributed by atoms with Crippen LogP contribution in [0.4, 0.5) is 23.7 Å². The van der Waals surface area contributed by atoms with Crippen molar-refractivity contribution in [2.75, 3.05) is 5.32 Å². The summed E-state index contributed by atoms with van der Waals surface area (Å²) in [4.78, 5) is 28.6. The van der Waals surface area contributed by atoms with Crippen LogP contribution in [0.2, 0.25) is 0 Å². The first-order valence-electron chi connectivity index (χ1n) is 8.02. The van der Waals surface area contributed by atoms with E-state index in [2.05, 4.69) is 10.3 Å². The highest BCUT2D eigenvalue weighted by molar-refractivity contribution is 5.98. The van der Waals surface area contributed by atoms with E-state index in [4.69, 9.17) is 4.74 Å². The highest BCUT2D eigenvalue weighted by Gasteiger charge is 2.38. The number of hydrogen-bond donors (Lipinski definition) is 1. The van der Waals surface area contributed by atoms with E-state index < -0.39 is 29.5 Å². The van der Waals surface area contributed by atoms with Gasteiger partial charge in [0.1, 0.15) is 29.0 Å². The fraction of sp³-hybridized carbons (Fsp3) is 0.562. The first-order valence-corrected chi connectivity index (χ1v) is 8.02. The third-order valence-electron chi connectivity index (χ3n) is 3.67. The maximum atomic E-state index is 13.0. The van der Waals surface area contributed by atoms with Gasteiger partial charge in [-0.1, -0.05) is 0 Å². The number of carbonyl (C=O) groups excluding carboxylic acids is 1. The lowest BCUT2D eigenvalue weighted by molar-refractivity contribution is -0.163. The van der Waals surface area contributed by atoms with Crippen LogP contribution in [0.15, 0.2) is 17.3 Å². The highest BCUT2D eigenvalue weighted by atomic mass is 19.4. The monoisotopic (exact) mass is 374 g/mol. The minimum atomic E-state index is -4.61. The highest BCUT2D eigenvalue weighted by Crippen LogP contribution is 2.30. The second kappa shape index (κ2) is 6.65. The van der Waals surface area contributed by atoms with Crippen molar-refractivity contribution in [3.8, 4) is 0 Å². The van der Waals surface area contributed by atoms with Crippen molar-refractivity contribution in [3.63, 3.8) is 0 Å². The van der Waals surface area contributed by atoms with E-state index in [1.54, 1.807) is 32.3 Å². The van der Waals surface area contributed by atoms with Crippen molar-refractivity contribution in [2.45, 2.75) is 59.0 Å². The van der Waals surface area contributed by atoms with Gasteiger partial charge in [0.15, 0.2) is 0 Å². The van der Waals surface area contributed by atoms with Gasteiger partial charge < -0.3 is 9.30 Å². The second-order valence-corrected chi connectivity index (χ2v) is 6.83. The van der Waals surface area contributed by atoms with Crippen LogP contribution in [0.5, 0.6) is 0 Å². The molecule has 10 heteroatoms. The minimum absolute atomic E-state index is 0.0531. The summed E-state index contributed by atoms with van der Waals surface area (Å²) in [5, 5.41) is 2.32. The number of rotatable bonds is 3. The number of anilines is 1. The van der Waals surface area contributed by atoms with E-state index in [0.717, 1.165) is 13.3 Å². The number of halogens is 3. The van der Waals surface area contributed by atoms with E-state index in [1.807, 2.05) is 0 Å². The second-order valence-electron chi connectivity index (χ2n) is 6.83. The van der Waals surface area contributed by atoms with E-state index in [0.29, 0.717) is 11.1 Å². The predicted octanol–water partition coefficient (Wildman–Crippen LogP) is 3.69. The first kappa shape index (κ1) is 19.8. The average molecular weight is 374 g/mol. The number of hydrogen-bond acceptors (Lipinski definition) is 4. The SMILES string of the molecule is CCn1cc(NC(=O)OC(C)(C)C)c2c(=O)n(C(C)C(F)(F)F)cnc21. The normalized spacial score (nSPS) is 13.7. The van der Waals surface area contributed by atoms with Gasteiger partial charge >= 0.3 is 12.3 Å². The number of fused-ring (bicyclic) bond motifs is 1. The fourth-order valence-electron chi connectivity index (χ4n) is 2.38. The number of alkyl halides is 3. The van der Waals surface area contributed by atoms with Crippen molar-refractivity contribution >= 4 is 22.8 Å². The van der Waals surface area contributed by atoms with Gasteiger partial charge in [0.2, 0.25) is 0 Å². The van der Waals surface area contributed by atoms with Gasteiger partial charge in [-0.05, 0) is 34.6 Å². The van der Waals surface area contributed by atoms with Gasteiger partial charge in [0, 0.05) is 12.7 Å². The molecule has 0 fully saturated rings. The van der Waals surface area contributed by atoms with Crippen LogP contribution in [0.25, 0.3) is 11.0 Å². The van der Waals surface area contributed by atoms with E-state index in [-0.39, 0.29) is 16.7 Å². The Morgan fingerprint density at radius 2 is 1.96 bits per heavy atom. The zero-order valence-corrected chi connectivity index (χ0v) is 15.1. The molecule has 0 saturated carbocycles. The number of nitrogens with one attached hydrogen (secondary N) is 1. The quantitative estimate of drug-likeness (QED) is 0.889. The van der Waals surface area contributed by atoms with Crippen molar-refractivity contribution in [1.29, 1.82) is 0 Å². The standard InChI is InChI=1S/C16H21F3N4O3/c1-6-22-7-10(21-14(25)26-15(3,4)5)11-12(22)20-8-23(13(11)24)9(2)16(17,18)19/h7-9H,6H2,1-5H3,(H,21,25). The number of carbonyl (C=O) groups is 1. The fourth-order valence-corrected chi connectivity index (χ4v) is 2.38. The lowest BCUT2D eigenvalue weighted by Crippen LogP contribution is -2.33.